The number of rotatable bonds is 7. The van der Waals surface area contributed by atoms with Crippen LogP contribution in [0.1, 0.15) is 25.5 Å². The molecule has 31 heavy (non-hydrogen) atoms. The normalized spacial score (nSPS) is 26.2. The van der Waals surface area contributed by atoms with Crippen molar-refractivity contribution in [3.63, 3.8) is 0 Å². The number of ether oxygens (including phenoxy) is 2. The van der Waals surface area contributed by atoms with E-state index in [1.165, 1.54) is 10.9 Å². The molecule has 0 aromatic carbocycles. The van der Waals surface area contributed by atoms with E-state index < -0.39 is 30.3 Å². The van der Waals surface area contributed by atoms with Crippen LogP contribution in [0.3, 0.4) is 0 Å². The van der Waals surface area contributed by atoms with Crippen LogP contribution < -0.4 is 16.9 Å². The quantitative estimate of drug-likeness (QED) is 0.267. The molecule has 2 aliphatic rings. The number of nitrogen functional groups attached to an aromatic ring is 1. The van der Waals surface area contributed by atoms with Gasteiger partial charge < -0.3 is 31.2 Å². The number of anilines is 2. The van der Waals surface area contributed by atoms with Crippen LogP contribution in [0.4, 0.5) is 11.8 Å². The lowest BCUT2D eigenvalue weighted by atomic mass is 10.0. The van der Waals surface area contributed by atoms with Crippen molar-refractivity contribution >= 4 is 34.9 Å². The second-order valence-corrected chi connectivity index (χ2v) is 7.23. The van der Waals surface area contributed by atoms with Crippen molar-refractivity contribution < 1.29 is 24.5 Å². The first-order valence-electron chi connectivity index (χ1n) is 9.83. The lowest BCUT2D eigenvalue weighted by Crippen LogP contribution is -2.36. The zero-order chi connectivity index (χ0) is 22.0. The van der Waals surface area contributed by atoms with Crippen molar-refractivity contribution in [2.24, 2.45) is 10.8 Å². The van der Waals surface area contributed by atoms with Gasteiger partial charge in [-0.3, -0.25) is 9.36 Å². The van der Waals surface area contributed by atoms with Gasteiger partial charge in [0.1, 0.15) is 23.8 Å². The fraction of sp³-hybridized carbons (Fsp3) is 0.500. The topological polar surface area (TPSA) is 196 Å². The van der Waals surface area contributed by atoms with Gasteiger partial charge in [-0.2, -0.15) is 15.1 Å². The number of carbonyl (C=O) groups is 1. The maximum Gasteiger partial charge on any atom is 0.247 e. The van der Waals surface area contributed by atoms with Gasteiger partial charge in [0, 0.05) is 12.0 Å². The molecule has 2 aliphatic heterocycles. The number of nitrogens with zero attached hydrogens (tertiary/aromatic N) is 5. The van der Waals surface area contributed by atoms with Gasteiger partial charge in [-0.05, 0) is 19.4 Å². The number of nitrogens with one attached hydrogen (secondary N) is 1. The number of imidazole rings is 1. The number of aliphatic hydroxyl groups excluding tert-OH is 2. The Morgan fingerprint density at radius 3 is 2.97 bits per heavy atom. The van der Waals surface area contributed by atoms with Crippen molar-refractivity contribution in [3.8, 4) is 0 Å². The molecule has 13 nitrogen and oxygen atoms in total. The van der Waals surface area contributed by atoms with Crippen molar-refractivity contribution in [1.29, 1.82) is 0 Å². The summed E-state index contributed by atoms with van der Waals surface area (Å²) in [5.41, 5.74) is 15.5. The molecule has 0 saturated carbocycles. The van der Waals surface area contributed by atoms with Crippen LogP contribution in [-0.2, 0) is 14.3 Å². The molecule has 1 fully saturated rings. The Hall–Kier alpha value is -3.13. The van der Waals surface area contributed by atoms with Crippen molar-refractivity contribution in [2.75, 3.05) is 24.3 Å². The van der Waals surface area contributed by atoms with Gasteiger partial charge in [-0.25, -0.2) is 10.4 Å². The first-order valence-corrected chi connectivity index (χ1v) is 9.83. The molecular weight excluding hydrogens is 408 g/mol. The molecule has 0 spiro atoms. The highest BCUT2D eigenvalue weighted by Gasteiger charge is 2.47. The van der Waals surface area contributed by atoms with Crippen LogP contribution >= 0.6 is 0 Å². The molecule has 2 aromatic rings. The predicted molar refractivity (Wildman–Crippen MR) is 110 cm³/mol. The van der Waals surface area contributed by atoms with E-state index in [-0.39, 0.29) is 35.9 Å². The summed E-state index contributed by atoms with van der Waals surface area (Å²) in [6.45, 7) is 0.802. The van der Waals surface area contributed by atoms with Gasteiger partial charge in [0.05, 0.1) is 25.4 Å². The summed E-state index contributed by atoms with van der Waals surface area (Å²) < 4.78 is 12.3. The Morgan fingerprint density at radius 2 is 2.23 bits per heavy atom. The fourth-order valence-electron chi connectivity index (χ4n) is 3.47. The Balaban J connectivity index is 1.58. The number of Topliss-reactive ketones (excluding diaryl/α,β-unsaturated/α-hetero) is 1. The molecule has 0 radical (unpaired) electrons. The predicted octanol–water partition coefficient (Wildman–Crippen LogP) is -0.962. The number of hydrogen-bond donors (Lipinski definition) is 5. The Morgan fingerprint density at radius 1 is 1.39 bits per heavy atom. The molecule has 13 heteroatoms. The highest BCUT2D eigenvalue weighted by atomic mass is 16.6. The smallest absolute Gasteiger partial charge is 0.247 e. The van der Waals surface area contributed by atoms with Gasteiger partial charge in [-0.15, -0.1) is 0 Å². The average Bonchev–Trinajstić information content (AvgIpc) is 3.31. The van der Waals surface area contributed by atoms with Gasteiger partial charge in [-0.1, -0.05) is 0 Å². The largest absolute Gasteiger partial charge is 0.501 e. The van der Waals surface area contributed by atoms with Crippen LogP contribution in [0.5, 0.6) is 0 Å². The molecule has 0 aliphatic carbocycles. The highest BCUT2D eigenvalue weighted by molar-refractivity contribution is 5.85. The maximum atomic E-state index is 12.2. The van der Waals surface area contributed by atoms with Crippen LogP contribution in [0.25, 0.3) is 11.2 Å². The number of hydrazone groups is 1. The van der Waals surface area contributed by atoms with E-state index in [4.69, 9.17) is 20.9 Å². The minimum Gasteiger partial charge on any atom is -0.501 e. The van der Waals surface area contributed by atoms with E-state index >= 15 is 0 Å². The third-order valence-corrected chi connectivity index (χ3v) is 5.03. The van der Waals surface area contributed by atoms with E-state index in [0.29, 0.717) is 6.61 Å². The molecule has 1 saturated heterocycles. The summed E-state index contributed by atoms with van der Waals surface area (Å²) >= 11 is 0. The SMILES string of the molecule is NCCC(=O)[C@H]1O[C@@H](n2cnc3c(N)nc(N/N=C/C4=COCCC4)nc32)[C@H](O)[C@@H]1O. The second-order valence-electron chi connectivity index (χ2n) is 7.23. The zero-order valence-electron chi connectivity index (χ0n) is 16.6. The number of hydrogen-bond acceptors (Lipinski definition) is 12. The molecule has 0 amide bonds. The third kappa shape index (κ3) is 4.20. The standard InChI is InChI=1S/C18H24N8O5/c19-4-3-10(27)14-12(28)13(29)17(31-14)26-8-21-11-15(20)23-18(24-16(11)26)25-22-6-9-2-1-5-30-7-9/h6-8,12-14,17,28-29H,1-5,19H2,(H3,20,23,24,25)/b22-6+/t12-,13+,14+,17+/m0/s1. The number of nitrogens with two attached hydrogens (primary N) is 2. The lowest BCUT2D eigenvalue weighted by Gasteiger charge is -2.16. The van der Waals surface area contributed by atoms with Gasteiger partial charge in [0.2, 0.25) is 5.95 Å². The summed E-state index contributed by atoms with van der Waals surface area (Å²) in [5, 5.41) is 24.8. The van der Waals surface area contributed by atoms with Crippen LogP contribution in [0.15, 0.2) is 23.3 Å². The monoisotopic (exact) mass is 432 g/mol. The van der Waals surface area contributed by atoms with E-state index in [1.807, 2.05) is 0 Å². The molecule has 7 N–H and O–H groups in total. The first kappa shape index (κ1) is 21.1. The summed E-state index contributed by atoms with van der Waals surface area (Å²) in [6.07, 6.45) is 1.30. The van der Waals surface area contributed by atoms with Crippen molar-refractivity contribution in [3.05, 3.63) is 18.2 Å². The third-order valence-electron chi connectivity index (χ3n) is 5.03. The fourth-order valence-corrected chi connectivity index (χ4v) is 3.47. The number of carbonyl (C=O) groups excluding carboxylic acids is 1. The summed E-state index contributed by atoms with van der Waals surface area (Å²) in [6, 6.07) is 0. The van der Waals surface area contributed by atoms with Crippen LogP contribution in [0.2, 0.25) is 0 Å². The molecule has 4 heterocycles. The number of aromatic nitrogens is 4. The summed E-state index contributed by atoms with van der Waals surface area (Å²) in [5.74, 6) is -0.206. The number of aliphatic hydroxyl groups is 2. The number of allylic oxidation sites excluding steroid dienone is 1. The zero-order valence-corrected chi connectivity index (χ0v) is 16.6. The molecular formula is C18H24N8O5. The average molecular weight is 432 g/mol. The molecule has 0 unspecified atom stereocenters. The summed E-state index contributed by atoms with van der Waals surface area (Å²) in [4.78, 5) is 24.8. The molecule has 2 aromatic heterocycles. The maximum absolute atomic E-state index is 12.2. The Kier molecular flexibility index (Phi) is 6.08. The highest BCUT2D eigenvalue weighted by Crippen LogP contribution is 2.33. The van der Waals surface area contributed by atoms with Crippen LogP contribution in [0, 0.1) is 0 Å². The van der Waals surface area contributed by atoms with E-state index in [0.717, 1.165) is 18.4 Å². The van der Waals surface area contributed by atoms with E-state index in [2.05, 4.69) is 25.5 Å². The molecule has 0 bridgehead atoms. The lowest BCUT2D eigenvalue weighted by molar-refractivity contribution is -0.135. The van der Waals surface area contributed by atoms with Gasteiger partial charge >= 0.3 is 0 Å². The van der Waals surface area contributed by atoms with E-state index in [1.54, 1.807) is 12.5 Å². The Labute approximate surface area is 176 Å². The molecule has 4 atom stereocenters. The minimum atomic E-state index is -1.41. The summed E-state index contributed by atoms with van der Waals surface area (Å²) in [7, 11) is 0. The van der Waals surface area contributed by atoms with Gasteiger partial charge in [0.15, 0.2) is 23.5 Å². The van der Waals surface area contributed by atoms with Crippen LogP contribution in [-0.4, -0.2) is 73.2 Å². The number of fused-ring (bicyclic) bond motifs is 1. The van der Waals surface area contributed by atoms with Gasteiger partial charge in [0.25, 0.3) is 0 Å². The minimum absolute atomic E-state index is 0.0223. The van der Waals surface area contributed by atoms with E-state index in [9.17, 15) is 15.0 Å². The number of ketones is 1. The second kappa shape index (κ2) is 8.93. The molecule has 4 rings (SSSR count). The Bertz CT molecular complexity index is 1020. The van der Waals surface area contributed by atoms with Crippen molar-refractivity contribution in [1.82, 2.24) is 19.5 Å². The molecule has 166 valence electrons. The first-order chi connectivity index (χ1) is 15.0. The van der Waals surface area contributed by atoms with Crippen molar-refractivity contribution in [2.45, 2.75) is 43.8 Å².